The van der Waals surface area contributed by atoms with Gasteiger partial charge in [-0.3, -0.25) is 4.79 Å². The molecule has 0 radical (unpaired) electrons. The molecule has 5 heteroatoms. The molecular weight excluding hydrogens is 246 g/mol. The summed E-state index contributed by atoms with van der Waals surface area (Å²) in [6, 6.07) is 5.97. The van der Waals surface area contributed by atoms with E-state index in [9.17, 15) is 4.79 Å². The maximum absolute atomic E-state index is 11.8. The van der Waals surface area contributed by atoms with Crippen molar-refractivity contribution in [1.29, 1.82) is 0 Å². The van der Waals surface area contributed by atoms with Crippen molar-refractivity contribution < 1.29 is 4.79 Å². The zero-order valence-corrected chi connectivity index (χ0v) is 11.4. The van der Waals surface area contributed by atoms with Crippen LogP contribution in [0.3, 0.4) is 0 Å². The molecule has 0 atom stereocenters. The van der Waals surface area contributed by atoms with Gasteiger partial charge in [-0.05, 0) is 37.2 Å². The third-order valence-corrected chi connectivity index (χ3v) is 3.19. The molecular formula is C13H17N3OS. The molecule has 0 saturated heterocycles. The van der Waals surface area contributed by atoms with Crippen molar-refractivity contribution in [1.82, 2.24) is 14.9 Å². The van der Waals surface area contributed by atoms with E-state index in [1.807, 2.05) is 36.6 Å². The van der Waals surface area contributed by atoms with Crippen molar-refractivity contribution in [3.63, 3.8) is 0 Å². The minimum absolute atomic E-state index is 0.00268. The molecule has 0 aliphatic carbocycles. The number of imidazole rings is 1. The molecule has 0 unspecified atom stereocenters. The first-order valence-corrected chi connectivity index (χ1v) is 6.49. The minimum Gasteiger partial charge on any atom is -0.355 e. The van der Waals surface area contributed by atoms with E-state index in [1.165, 1.54) is 0 Å². The number of nitrogens with one attached hydrogen (secondary N) is 2. The van der Waals surface area contributed by atoms with Gasteiger partial charge in [0.05, 0.1) is 11.0 Å². The first-order chi connectivity index (χ1) is 8.63. The molecule has 1 amide bonds. The molecule has 1 aromatic heterocycles. The number of aryl methyl sites for hydroxylation is 1. The van der Waals surface area contributed by atoms with Crippen LogP contribution in [0.4, 0.5) is 0 Å². The van der Waals surface area contributed by atoms with Crippen LogP contribution in [-0.2, 0) is 11.3 Å². The zero-order valence-electron chi connectivity index (χ0n) is 10.6. The Morgan fingerprint density at radius 1 is 1.50 bits per heavy atom. The summed E-state index contributed by atoms with van der Waals surface area (Å²) in [5.41, 5.74) is 3.10. The highest BCUT2D eigenvalue weighted by Gasteiger charge is 2.09. The summed E-state index contributed by atoms with van der Waals surface area (Å²) in [6.45, 7) is 5.02. The van der Waals surface area contributed by atoms with Gasteiger partial charge in [0.1, 0.15) is 6.54 Å². The number of aromatic amines is 1. The van der Waals surface area contributed by atoms with E-state index in [4.69, 9.17) is 12.2 Å². The first-order valence-electron chi connectivity index (χ1n) is 6.08. The fourth-order valence-electron chi connectivity index (χ4n) is 2.02. The van der Waals surface area contributed by atoms with Crippen LogP contribution in [0.1, 0.15) is 18.9 Å². The maximum atomic E-state index is 11.8. The number of rotatable bonds is 4. The van der Waals surface area contributed by atoms with Crippen LogP contribution in [0.2, 0.25) is 0 Å². The third kappa shape index (κ3) is 2.46. The van der Waals surface area contributed by atoms with Gasteiger partial charge in [-0.25, -0.2) is 0 Å². The molecule has 2 N–H and O–H groups in total. The molecule has 1 aromatic carbocycles. The summed E-state index contributed by atoms with van der Waals surface area (Å²) in [7, 11) is 0. The summed E-state index contributed by atoms with van der Waals surface area (Å²) in [5.74, 6) is -0.00268. The minimum atomic E-state index is -0.00268. The lowest BCUT2D eigenvalue weighted by Crippen LogP contribution is -2.28. The predicted molar refractivity (Wildman–Crippen MR) is 75.2 cm³/mol. The van der Waals surface area contributed by atoms with Crippen LogP contribution >= 0.6 is 12.2 Å². The van der Waals surface area contributed by atoms with Gasteiger partial charge in [-0.1, -0.05) is 19.1 Å². The fourth-order valence-corrected chi connectivity index (χ4v) is 2.28. The molecule has 0 aliphatic rings. The fraction of sp³-hybridized carbons (Fsp3) is 0.385. The number of aromatic nitrogens is 2. The van der Waals surface area contributed by atoms with Gasteiger partial charge in [0.2, 0.25) is 5.91 Å². The third-order valence-electron chi connectivity index (χ3n) is 2.87. The van der Waals surface area contributed by atoms with E-state index in [2.05, 4.69) is 10.3 Å². The lowest BCUT2D eigenvalue weighted by molar-refractivity contribution is -0.121. The maximum Gasteiger partial charge on any atom is 0.240 e. The number of fused-ring (bicyclic) bond motifs is 1. The van der Waals surface area contributed by atoms with Gasteiger partial charge in [0, 0.05) is 6.54 Å². The van der Waals surface area contributed by atoms with Crippen LogP contribution in [0.25, 0.3) is 11.0 Å². The average molecular weight is 263 g/mol. The first kappa shape index (κ1) is 12.8. The highest BCUT2D eigenvalue weighted by Crippen LogP contribution is 2.17. The molecule has 1 heterocycles. The van der Waals surface area contributed by atoms with Crippen molar-refractivity contribution in [3.8, 4) is 0 Å². The van der Waals surface area contributed by atoms with Crippen LogP contribution in [-0.4, -0.2) is 22.0 Å². The van der Waals surface area contributed by atoms with E-state index < -0.39 is 0 Å². The SMILES string of the molecule is CCCNC(=O)Cn1c(=S)[nH]c2cccc(C)c21. The van der Waals surface area contributed by atoms with Crippen LogP contribution in [0.5, 0.6) is 0 Å². The number of para-hydroxylation sites is 1. The number of hydrogen-bond acceptors (Lipinski definition) is 2. The van der Waals surface area contributed by atoms with E-state index in [-0.39, 0.29) is 12.5 Å². The van der Waals surface area contributed by atoms with Crippen molar-refractivity contribution in [3.05, 3.63) is 28.5 Å². The molecule has 0 saturated carbocycles. The molecule has 0 aliphatic heterocycles. The van der Waals surface area contributed by atoms with Crippen molar-refractivity contribution in [2.45, 2.75) is 26.8 Å². The van der Waals surface area contributed by atoms with E-state index in [0.29, 0.717) is 11.3 Å². The van der Waals surface area contributed by atoms with Gasteiger partial charge in [0.25, 0.3) is 0 Å². The zero-order chi connectivity index (χ0) is 13.1. The Morgan fingerprint density at radius 2 is 2.28 bits per heavy atom. The van der Waals surface area contributed by atoms with E-state index >= 15 is 0 Å². The Labute approximate surface area is 111 Å². The van der Waals surface area contributed by atoms with Crippen LogP contribution in [0, 0.1) is 11.7 Å². The second-order valence-corrected chi connectivity index (χ2v) is 4.72. The molecule has 4 nitrogen and oxygen atoms in total. The molecule has 2 rings (SSSR count). The van der Waals surface area contributed by atoms with E-state index in [0.717, 1.165) is 23.0 Å². The highest BCUT2D eigenvalue weighted by atomic mass is 32.1. The second kappa shape index (κ2) is 5.35. The van der Waals surface area contributed by atoms with Crippen molar-refractivity contribution in [2.75, 3.05) is 6.54 Å². The number of hydrogen-bond donors (Lipinski definition) is 2. The average Bonchev–Trinajstić information content (AvgIpc) is 2.65. The topological polar surface area (TPSA) is 49.8 Å². The number of carbonyl (C=O) groups excluding carboxylic acids is 1. The molecule has 0 spiro atoms. The highest BCUT2D eigenvalue weighted by molar-refractivity contribution is 7.71. The molecule has 18 heavy (non-hydrogen) atoms. The Hall–Kier alpha value is -1.62. The Kier molecular flexibility index (Phi) is 3.81. The number of amides is 1. The van der Waals surface area contributed by atoms with Gasteiger partial charge >= 0.3 is 0 Å². The Morgan fingerprint density at radius 3 is 3.00 bits per heavy atom. The van der Waals surface area contributed by atoms with Gasteiger partial charge in [-0.2, -0.15) is 0 Å². The summed E-state index contributed by atoms with van der Waals surface area (Å²) in [6.07, 6.45) is 0.935. The van der Waals surface area contributed by atoms with Crippen molar-refractivity contribution in [2.24, 2.45) is 0 Å². The van der Waals surface area contributed by atoms with Gasteiger partial charge in [-0.15, -0.1) is 0 Å². The molecule has 2 aromatic rings. The molecule has 96 valence electrons. The van der Waals surface area contributed by atoms with Crippen LogP contribution in [0.15, 0.2) is 18.2 Å². The molecule has 0 fully saturated rings. The normalized spacial score (nSPS) is 10.8. The number of H-pyrrole nitrogens is 1. The number of benzene rings is 1. The number of nitrogens with zero attached hydrogens (tertiary/aromatic N) is 1. The van der Waals surface area contributed by atoms with Gasteiger partial charge in [0.15, 0.2) is 4.77 Å². The monoisotopic (exact) mass is 263 g/mol. The summed E-state index contributed by atoms with van der Waals surface area (Å²) in [5, 5.41) is 2.86. The molecule has 0 bridgehead atoms. The van der Waals surface area contributed by atoms with Crippen LogP contribution < -0.4 is 5.32 Å². The largest absolute Gasteiger partial charge is 0.355 e. The Balaban J connectivity index is 2.36. The smallest absolute Gasteiger partial charge is 0.240 e. The predicted octanol–water partition coefficient (Wildman–Crippen LogP) is 2.53. The number of carbonyl (C=O) groups is 1. The lowest BCUT2D eigenvalue weighted by atomic mass is 10.2. The summed E-state index contributed by atoms with van der Waals surface area (Å²) >= 11 is 5.27. The Bertz CT molecular complexity index is 627. The van der Waals surface area contributed by atoms with Gasteiger partial charge < -0.3 is 14.9 Å². The summed E-state index contributed by atoms with van der Waals surface area (Å²) < 4.78 is 2.44. The quantitative estimate of drug-likeness (QED) is 0.833. The van der Waals surface area contributed by atoms with Crippen molar-refractivity contribution >= 4 is 29.2 Å². The lowest BCUT2D eigenvalue weighted by Gasteiger charge is -2.07. The second-order valence-electron chi connectivity index (χ2n) is 4.34. The van der Waals surface area contributed by atoms with E-state index in [1.54, 1.807) is 0 Å². The summed E-state index contributed by atoms with van der Waals surface area (Å²) in [4.78, 5) is 14.9. The standard InChI is InChI=1S/C13H17N3OS/c1-3-7-14-11(17)8-16-12-9(2)5-4-6-10(12)15-13(16)18/h4-6H,3,7-8H2,1-2H3,(H,14,17)(H,15,18).